The molecular formula is C23H41N3O5S. The van der Waals surface area contributed by atoms with Crippen molar-refractivity contribution >= 4 is 22.0 Å². The number of primary sulfonamides is 1. The first-order valence-corrected chi connectivity index (χ1v) is 13.9. The normalized spacial score (nSPS) is 33.7. The number of amides is 2. The fourth-order valence-electron chi connectivity index (χ4n) is 6.41. The maximum Gasteiger partial charge on any atom is 0.410 e. The summed E-state index contributed by atoms with van der Waals surface area (Å²) in [6, 6.07) is -0.0419. The molecule has 0 aromatic carbocycles. The van der Waals surface area contributed by atoms with Gasteiger partial charge >= 0.3 is 6.09 Å². The minimum Gasteiger partial charge on any atom is -0.453 e. The van der Waals surface area contributed by atoms with Crippen LogP contribution in [0.15, 0.2) is 0 Å². The molecule has 0 spiro atoms. The number of hydrogen-bond acceptors (Lipinski definition) is 5. The van der Waals surface area contributed by atoms with E-state index in [1.807, 2.05) is 16.7 Å². The van der Waals surface area contributed by atoms with E-state index in [0.29, 0.717) is 30.7 Å². The van der Waals surface area contributed by atoms with Crippen LogP contribution in [0.5, 0.6) is 0 Å². The van der Waals surface area contributed by atoms with Gasteiger partial charge in [0.25, 0.3) is 0 Å². The van der Waals surface area contributed by atoms with Crippen LogP contribution in [0, 0.1) is 23.7 Å². The molecule has 4 atom stereocenters. The van der Waals surface area contributed by atoms with Crippen LogP contribution in [0.25, 0.3) is 0 Å². The van der Waals surface area contributed by atoms with Gasteiger partial charge in [0.1, 0.15) is 0 Å². The Morgan fingerprint density at radius 2 is 1.66 bits per heavy atom. The summed E-state index contributed by atoms with van der Waals surface area (Å²) in [5.74, 6) is 1.76. The number of nitrogens with zero attached hydrogens (tertiary/aromatic N) is 2. The third kappa shape index (κ3) is 5.95. The molecule has 32 heavy (non-hydrogen) atoms. The predicted molar refractivity (Wildman–Crippen MR) is 123 cm³/mol. The highest BCUT2D eigenvalue weighted by atomic mass is 32.2. The number of sulfonamides is 1. The summed E-state index contributed by atoms with van der Waals surface area (Å²) in [6.07, 6.45) is 6.84. The van der Waals surface area contributed by atoms with Crippen molar-refractivity contribution in [3.05, 3.63) is 0 Å². The SMILES string of the molecule is COC(=O)N1C2CCC(C3CCC(CS(N)(=O)=O)CC3)CC2N(C(=O)CC(C)C)C[C@@H]1C. The van der Waals surface area contributed by atoms with Gasteiger partial charge in [-0.25, -0.2) is 18.4 Å². The minimum absolute atomic E-state index is 0.00251. The molecule has 2 N–H and O–H groups in total. The highest BCUT2D eigenvalue weighted by molar-refractivity contribution is 7.89. The maximum atomic E-state index is 13.1. The Hall–Kier alpha value is -1.35. The average molecular weight is 472 g/mol. The largest absolute Gasteiger partial charge is 0.453 e. The molecule has 0 aromatic rings. The fourth-order valence-corrected chi connectivity index (χ4v) is 7.40. The lowest BCUT2D eigenvalue weighted by molar-refractivity contribution is -0.143. The summed E-state index contributed by atoms with van der Waals surface area (Å²) in [4.78, 5) is 29.6. The molecule has 1 saturated heterocycles. The van der Waals surface area contributed by atoms with Gasteiger partial charge in [-0.3, -0.25) is 9.69 Å². The van der Waals surface area contributed by atoms with E-state index in [4.69, 9.17) is 9.88 Å². The zero-order valence-electron chi connectivity index (χ0n) is 20.0. The van der Waals surface area contributed by atoms with Crippen LogP contribution in [0.1, 0.15) is 72.1 Å². The number of methoxy groups -OCH3 is 1. The second-order valence-corrected chi connectivity index (χ2v) is 12.3. The van der Waals surface area contributed by atoms with Crippen LogP contribution in [-0.2, 0) is 19.6 Å². The number of ether oxygens (including phenoxy) is 1. The number of rotatable bonds is 5. The van der Waals surface area contributed by atoms with E-state index in [1.54, 1.807) is 0 Å². The Labute approximate surface area is 193 Å². The predicted octanol–water partition coefficient (Wildman–Crippen LogP) is 2.96. The zero-order valence-corrected chi connectivity index (χ0v) is 20.9. The molecule has 3 rings (SSSR count). The smallest absolute Gasteiger partial charge is 0.410 e. The van der Waals surface area contributed by atoms with Gasteiger partial charge in [-0.1, -0.05) is 13.8 Å². The van der Waals surface area contributed by atoms with Gasteiger partial charge in [-0.05, 0) is 75.5 Å². The van der Waals surface area contributed by atoms with Gasteiger partial charge in [0.15, 0.2) is 0 Å². The lowest BCUT2D eigenvalue weighted by Crippen LogP contribution is -2.67. The lowest BCUT2D eigenvalue weighted by Gasteiger charge is -2.54. The van der Waals surface area contributed by atoms with Gasteiger partial charge in [0, 0.05) is 13.0 Å². The van der Waals surface area contributed by atoms with Crippen molar-refractivity contribution < 1.29 is 22.7 Å². The van der Waals surface area contributed by atoms with Crippen molar-refractivity contribution in [1.29, 1.82) is 0 Å². The number of fused-ring (bicyclic) bond motifs is 1. The molecule has 8 nitrogen and oxygen atoms in total. The number of carbonyl (C=O) groups excluding carboxylic acids is 2. The minimum atomic E-state index is -3.42. The van der Waals surface area contributed by atoms with E-state index < -0.39 is 10.0 Å². The van der Waals surface area contributed by atoms with E-state index in [2.05, 4.69) is 13.8 Å². The first kappa shape index (κ1) is 25.3. The molecule has 3 fully saturated rings. The second-order valence-electron chi connectivity index (χ2n) is 10.7. The molecule has 2 amide bonds. The Morgan fingerprint density at radius 1 is 1.03 bits per heavy atom. The second kappa shape index (κ2) is 10.3. The van der Waals surface area contributed by atoms with E-state index in [0.717, 1.165) is 44.9 Å². The Bertz CT molecular complexity index is 779. The molecule has 0 radical (unpaired) electrons. The average Bonchev–Trinajstić information content (AvgIpc) is 2.71. The van der Waals surface area contributed by atoms with Crippen LogP contribution < -0.4 is 5.14 Å². The number of piperazine rings is 1. The van der Waals surface area contributed by atoms with E-state index in [9.17, 15) is 18.0 Å². The van der Waals surface area contributed by atoms with Crippen LogP contribution in [0.4, 0.5) is 4.79 Å². The fraction of sp³-hybridized carbons (Fsp3) is 0.913. The highest BCUT2D eigenvalue weighted by Crippen LogP contribution is 2.44. The molecule has 0 bridgehead atoms. The topological polar surface area (TPSA) is 110 Å². The van der Waals surface area contributed by atoms with Crippen molar-refractivity contribution in [3.8, 4) is 0 Å². The van der Waals surface area contributed by atoms with E-state index in [-0.39, 0.29) is 41.8 Å². The quantitative estimate of drug-likeness (QED) is 0.663. The molecule has 1 heterocycles. The molecule has 184 valence electrons. The first-order valence-electron chi connectivity index (χ1n) is 12.2. The van der Waals surface area contributed by atoms with E-state index >= 15 is 0 Å². The number of hydrogen-bond donors (Lipinski definition) is 1. The molecule has 0 aromatic heterocycles. The zero-order chi connectivity index (χ0) is 23.6. The summed E-state index contributed by atoms with van der Waals surface area (Å²) < 4.78 is 28.0. The van der Waals surface area contributed by atoms with Gasteiger partial charge in [0.05, 0.1) is 31.0 Å². The van der Waals surface area contributed by atoms with Crippen LogP contribution in [-0.4, -0.2) is 67.8 Å². The van der Waals surface area contributed by atoms with Gasteiger partial charge in [-0.2, -0.15) is 0 Å². The third-order valence-electron chi connectivity index (χ3n) is 7.83. The van der Waals surface area contributed by atoms with Crippen LogP contribution >= 0.6 is 0 Å². The van der Waals surface area contributed by atoms with Crippen molar-refractivity contribution in [3.63, 3.8) is 0 Å². The Balaban J connectivity index is 1.72. The molecule has 1 aliphatic heterocycles. The Morgan fingerprint density at radius 3 is 2.22 bits per heavy atom. The number of nitrogens with two attached hydrogens (primary N) is 1. The molecular weight excluding hydrogens is 430 g/mol. The molecule has 3 unspecified atom stereocenters. The summed E-state index contributed by atoms with van der Waals surface area (Å²) in [6.45, 7) is 6.68. The maximum absolute atomic E-state index is 13.1. The monoisotopic (exact) mass is 471 g/mol. The molecule has 2 aliphatic carbocycles. The van der Waals surface area contributed by atoms with Gasteiger partial charge in [-0.15, -0.1) is 0 Å². The first-order chi connectivity index (χ1) is 15.0. The van der Waals surface area contributed by atoms with Gasteiger partial charge < -0.3 is 9.64 Å². The molecule has 2 saturated carbocycles. The van der Waals surface area contributed by atoms with Crippen molar-refractivity contribution in [2.45, 2.75) is 90.3 Å². The third-order valence-corrected chi connectivity index (χ3v) is 8.77. The van der Waals surface area contributed by atoms with Gasteiger partial charge in [0.2, 0.25) is 15.9 Å². The van der Waals surface area contributed by atoms with Crippen LogP contribution in [0.3, 0.4) is 0 Å². The van der Waals surface area contributed by atoms with Crippen molar-refractivity contribution in [2.75, 3.05) is 19.4 Å². The summed E-state index contributed by atoms with van der Waals surface area (Å²) >= 11 is 0. The summed E-state index contributed by atoms with van der Waals surface area (Å²) in [7, 11) is -2.00. The van der Waals surface area contributed by atoms with Crippen molar-refractivity contribution in [2.24, 2.45) is 28.8 Å². The summed E-state index contributed by atoms with van der Waals surface area (Å²) in [5.41, 5.74) is 0. The van der Waals surface area contributed by atoms with Crippen molar-refractivity contribution in [1.82, 2.24) is 9.80 Å². The highest BCUT2D eigenvalue weighted by Gasteiger charge is 2.48. The summed E-state index contributed by atoms with van der Waals surface area (Å²) in [5, 5.41) is 5.25. The molecule has 9 heteroatoms. The van der Waals surface area contributed by atoms with E-state index in [1.165, 1.54) is 7.11 Å². The van der Waals surface area contributed by atoms with Crippen LogP contribution in [0.2, 0.25) is 0 Å². The lowest BCUT2D eigenvalue weighted by atomic mass is 9.68. The molecule has 3 aliphatic rings. The standard InChI is InChI=1S/C23H41N3O5S/c1-15(2)11-22(27)25-13-16(3)26(23(28)31-4)20-10-9-19(12-21(20)25)18-7-5-17(6-8-18)14-32(24,29)30/h15-21H,5-14H2,1-4H3,(H2,24,29,30)/t16-,17?,18?,19?,20?,21?/m0/s1. The Kier molecular flexibility index (Phi) is 8.12. The number of carbonyl (C=O) groups is 2.